The van der Waals surface area contributed by atoms with Crippen LogP contribution in [-0.2, 0) is 11.1 Å². The summed E-state index contributed by atoms with van der Waals surface area (Å²) in [7, 11) is 0. The molecule has 1 aromatic carbocycles. The Labute approximate surface area is 102 Å². The first-order valence-corrected chi connectivity index (χ1v) is 5.97. The molecule has 0 fully saturated rings. The summed E-state index contributed by atoms with van der Waals surface area (Å²) in [5.41, 5.74) is 0.698. The molecule has 0 saturated heterocycles. The van der Waals surface area contributed by atoms with Gasteiger partial charge in [0.15, 0.2) is 11.1 Å². The molecule has 0 aliphatic rings. The summed E-state index contributed by atoms with van der Waals surface area (Å²) in [6, 6.07) is 10.1. The topological polar surface area (TPSA) is 70.4 Å². The molecule has 0 aliphatic heterocycles. The van der Waals surface area contributed by atoms with Crippen LogP contribution in [0.3, 0.4) is 0 Å². The first-order chi connectivity index (χ1) is 8.11. The van der Waals surface area contributed by atoms with Crippen molar-refractivity contribution in [1.82, 2.24) is 4.98 Å². The lowest BCUT2D eigenvalue weighted by Crippen LogP contribution is -1.91. The van der Waals surface area contributed by atoms with Crippen LogP contribution < -0.4 is 0 Å². The molecular weight excluding hydrogens is 238 g/mol. The number of rotatable bonds is 1. The van der Waals surface area contributed by atoms with Crippen molar-refractivity contribution < 1.29 is 13.9 Å². The number of hydrogen-bond donors (Lipinski definition) is 2. The van der Waals surface area contributed by atoms with E-state index < -0.39 is 11.1 Å². The lowest BCUT2D eigenvalue weighted by Gasteiger charge is -1.99. The van der Waals surface area contributed by atoms with E-state index in [2.05, 4.69) is 4.98 Å². The average Bonchev–Trinajstić information content (AvgIpc) is 2.35. The number of phenols is 1. The first kappa shape index (κ1) is 13.3. The molecule has 90 valence electrons. The van der Waals surface area contributed by atoms with Gasteiger partial charge < -0.3 is 9.66 Å². The molecule has 1 aromatic heterocycles. The Morgan fingerprint density at radius 2 is 1.82 bits per heavy atom. The molecule has 1 atom stereocenters. The molecule has 2 rings (SSSR count). The van der Waals surface area contributed by atoms with Crippen LogP contribution in [0.2, 0.25) is 0 Å². The van der Waals surface area contributed by atoms with Gasteiger partial charge in [-0.2, -0.15) is 0 Å². The quantitative estimate of drug-likeness (QED) is 0.763. The Hall–Kier alpha value is -1.72. The molecule has 5 heteroatoms. The van der Waals surface area contributed by atoms with E-state index >= 15 is 0 Å². The smallest absolute Gasteiger partial charge is 0.186 e. The number of benzene rings is 1. The van der Waals surface area contributed by atoms with E-state index in [9.17, 15) is 4.21 Å². The molecule has 1 heterocycles. The van der Waals surface area contributed by atoms with E-state index in [1.54, 1.807) is 25.4 Å². The normalized spacial score (nSPS) is 11.2. The number of aryl methyl sites for hydroxylation is 1. The second kappa shape index (κ2) is 6.78. The van der Waals surface area contributed by atoms with E-state index in [1.807, 2.05) is 18.2 Å². The van der Waals surface area contributed by atoms with Crippen LogP contribution in [0, 0.1) is 6.92 Å². The van der Waals surface area contributed by atoms with Gasteiger partial charge in [-0.05, 0) is 36.8 Å². The van der Waals surface area contributed by atoms with E-state index in [0.717, 1.165) is 0 Å². The molecule has 0 saturated carbocycles. The maximum Gasteiger partial charge on any atom is 0.186 e. The maximum atomic E-state index is 10.6. The van der Waals surface area contributed by atoms with Crippen LogP contribution in [0.5, 0.6) is 5.75 Å². The number of pyridine rings is 1. The molecule has 0 bridgehead atoms. The third-order valence-electron chi connectivity index (χ3n) is 1.93. The van der Waals surface area contributed by atoms with E-state index in [4.69, 9.17) is 9.66 Å². The highest BCUT2D eigenvalue weighted by atomic mass is 32.2. The second-order valence-electron chi connectivity index (χ2n) is 3.22. The van der Waals surface area contributed by atoms with Crippen molar-refractivity contribution >= 4 is 11.1 Å². The van der Waals surface area contributed by atoms with Crippen LogP contribution in [-0.4, -0.2) is 18.9 Å². The molecule has 2 aromatic rings. The van der Waals surface area contributed by atoms with Crippen LogP contribution in [0.4, 0.5) is 0 Å². The van der Waals surface area contributed by atoms with Crippen molar-refractivity contribution in [2.24, 2.45) is 0 Å². The van der Waals surface area contributed by atoms with E-state index in [1.165, 1.54) is 12.1 Å². The lowest BCUT2D eigenvalue weighted by atomic mass is 10.2. The number of aromatic nitrogens is 1. The van der Waals surface area contributed by atoms with Crippen molar-refractivity contribution in [3.8, 4) is 5.75 Å². The molecule has 1 unspecified atom stereocenters. The fourth-order valence-electron chi connectivity index (χ4n) is 1.09. The molecule has 2 N–H and O–H groups in total. The van der Waals surface area contributed by atoms with Crippen molar-refractivity contribution in [2.45, 2.75) is 11.8 Å². The summed E-state index contributed by atoms with van der Waals surface area (Å²) in [5.74, 6) is 0.00741. The average molecular weight is 251 g/mol. The molecule has 4 nitrogen and oxygen atoms in total. The Morgan fingerprint density at radius 1 is 1.18 bits per heavy atom. The van der Waals surface area contributed by atoms with Crippen molar-refractivity contribution in [1.29, 1.82) is 0 Å². The fraction of sp³-hybridized carbons (Fsp3) is 0.0833. The summed E-state index contributed by atoms with van der Waals surface area (Å²) in [5, 5.41) is 8.94. The summed E-state index contributed by atoms with van der Waals surface area (Å²) < 4.78 is 19.3. The molecule has 0 aliphatic carbocycles. The molecule has 0 radical (unpaired) electrons. The number of phenolic OH excluding ortho intramolecular Hbond substituents is 1. The third kappa shape index (κ3) is 4.76. The number of hydrogen-bond acceptors (Lipinski definition) is 3. The minimum atomic E-state index is -2.01. The highest BCUT2D eigenvalue weighted by Crippen LogP contribution is 2.17. The summed E-state index contributed by atoms with van der Waals surface area (Å²) >= 11 is -2.01. The molecule has 0 amide bonds. The van der Waals surface area contributed by atoms with Gasteiger partial charge in [0.1, 0.15) is 5.75 Å². The predicted octanol–water partition coefficient (Wildman–Crippen LogP) is 2.36. The van der Waals surface area contributed by atoms with Crippen LogP contribution >= 0.6 is 0 Å². The van der Waals surface area contributed by atoms with Gasteiger partial charge in [0.2, 0.25) is 0 Å². The summed E-state index contributed by atoms with van der Waals surface area (Å²) in [6.45, 7) is 1.71. The Bertz CT molecular complexity index is 462. The Morgan fingerprint density at radius 3 is 2.18 bits per heavy atom. The molecular formula is C12H13NO3S. The van der Waals surface area contributed by atoms with Gasteiger partial charge >= 0.3 is 0 Å². The predicted molar refractivity (Wildman–Crippen MR) is 66.1 cm³/mol. The van der Waals surface area contributed by atoms with Crippen molar-refractivity contribution in [3.05, 3.63) is 54.4 Å². The zero-order valence-electron chi connectivity index (χ0n) is 9.28. The van der Waals surface area contributed by atoms with Gasteiger partial charge in [-0.1, -0.05) is 12.1 Å². The van der Waals surface area contributed by atoms with Gasteiger partial charge in [0.25, 0.3) is 0 Å². The standard InChI is InChI=1S/C7H8O3S.C5H5N/c1-5-2-3-6(8)4-7(5)11(9)10;1-2-4-6-5-3-1/h2-4,8H,1H3,(H,9,10);1-5H. The third-order valence-corrected chi connectivity index (χ3v) is 2.74. The van der Waals surface area contributed by atoms with Crippen LogP contribution in [0.25, 0.3) is 0 Å². The SMILES string of the molecule is Cc1ccc(O)cc1S(=O)O.c1ccncc1. The van der Waals surface area contributed by atoms with Gasteiger partial charge in [-0.3, -0.25) is 4.98 Å². The zero-order valence-corrected chi connectivity index (χ0v) is 10.1. The van der Waals surface area contributed by atoms with Crippen LogP contribution in [0.15, 0.2) is 53.7 Å². The maximum absolute atomic E-state index is 10.6. The Kier molecular flexibility index (Phi) is 5.32. The minimum absolute atomic E-state index is 0.00741. The zero-order chi connectivity index (χ0) is 12.7. The minimum Gasteiger partial charge on any atom is -0.508 e. The highest BCUT2D eigenvalue weighted by molar-refractivity contribution is 7.79. The monoisotopic (exact) mass is 251 g/mol. The Balaban J connectivity index is 0.000000202. The molecule has 17 heavy (non-hydrogen) atoms. The van der Waals surface area contributed by atoms with E-state index in [-0.39, 0.29) is 10.6 Å². The van der Waals surface area contributed by atoms with Gasteiger partial charge in [0, 0.05) is 12.4 Å². The summed E-state index contributed by atoms with van der Waals surface area (Å²) in [4.78, 5) is 4.04. The van der Waals surface area contributed by atoms with Crippen molar-refractivity contribution in [2.75, 3.05) is 0 Å². The summed E-state index contributed by atoms with van der Waals surface area (Å²) in [6.07, 6.45) is 3.50. The largest absolute Gasteiger partial charge is 0.508 e. The van der Waals surface area contributed by atoms with Gasteiger partial charge in [-0.25, -0.2) is 4.21 Å². The first-order valence-electron chi connectivity index (χ1n) is 4.86. The van der Waals surface area contributed by atoms with E-state index in [0.29, 0.717) is 5.56 Å². The highest BCUT2D eigenvalue weighted by Gasteiger charge is 2.04. The lowest BCUT2D eigenvalue weighted by molar-refractivity contribution is 0.472. The number of nitrogens with zero attached hydrogens (tertiary/aromatic N) is 1. The van der Waals surface area contributed by atoms with Crippen molar-refractivity contribution in [3.63, 3.8) is 0 Å². The fourth-order valence-corrected chi connectivity index (χ4v) is 1.65. The van der Waals surface area contributed by atoms with Gasteiger partial charge in [-0.15, -0.1) is 0 Å². The second-order valence-corrected chi connectivity index (χ2v) is 4.16. The number of aromatic hydroxyl groups is 1. The van der Waals surface area contributed by atoms with Gasteiger partial charge in [0.05, 0.1) is 4.90 Å². The molecule has 0 spiro atoms. The van der Waals surface area contributed by atoms with Crippen LogP contribution in [0.1, 0.15) is 5.56 Å².